The summed E-state index contributed by atoms with van der Waals surface area (Å²) in [4.78, 5) is 12.0. The van der Waals surface area contributed by atoms with Crippen LogP contribution in [-0.2, 0) is 9.53 Å². The van der Waals surface area contributed by atoms with E-state index in [9.17, 15) is 4.79 Å². The van der Waals surface area contributed by atoms with Crippen LogP contribution in [0.5, 0.6) is 0 Å². The molecule has 0 radical (unpaired) electrons. The Labute approximate surface area is 119 Å². The van der Waals surface area contributed by atoms with Crippen LogP contribution in [-0.4, -0.2) is 18.6 Å². The monoisotopic (exact) mass is 272 g/mol. The molecule has 4 nitrogen and oxygen atoms in total. The van der Waals surface area contributed by atoms with Gasteiger partial charge in [0, 0.05) is 6.61 Å². The highest BCUT2D eigenvalue weighted by Crippen LogP contribution is 2.29. The van der Waals surface area contributed by atoms with Gasteiger partial charge in [-0.15, -0.1) is 0 Å². The van der Waals surface area contributed by atoms with Gasteiger partial charge in [-0.3, -0.25) is 4.79 Å². The van der Waals surface area contributed by atoms with Crippen molar-refractivity contribution in [3.05, 3.63) is 29.8 Å². The summed E-state index contributed by atoms with van der Waals surface area (Å²) in [7, 11) is 0. The van der Waals surface area contributed by atoms with Gasteiger partial charge < -0.3 is 10.1 Å². The van der Waals surface area contributed by atoms with Crippen LogP contribution in [0.3, 0.4) is 0 Å². The molecule has 1 aliphatic rings. The molecular weight excluding hydrogens is 252 g/mol. The first-order valence-electron chi connectivity index (χ1n) is 7.12. The number of carbonyl (C=O) groups is 1. The highest BCUT2D eigenvalue weighted by atomic mass is 16.5. The SMILES string of the molecule is CC(OCCC1CCC1)C(=O)Nc1ccccc1C#N. The number of para-hydroxylation sites is 1. The molecule has 0 aromatic heterocycles. The van der Waals surface area contributed by atoms with E-state index in [2.05, 4.69) is 11.4 Å². The summed E-state index contributed by atoms with van der Waals surface area (Å²) in [5.74, 6) is 0.575. The lowest BCUT2D eigenvalue weighted by Gasteiger charge is -2.25. The Morgan fingerprint density at radius 2 is 2.25 bits per heavy atom. The number of nitrogens with zero attached hydrogens (tertiary/aromatic N) is 1. The van der Waals surface area contributed by atoms with E-state index in [1.165, 1.54) is 19.3 Å². The maximum absolute atomic E-state index is 12.0. The normalized spacial score (nSPS) is 16.0. The van der Waals surface area contributed by atoms with Crippen LogP contribution >= 0.6 is 0 Å². The number of nitriles is 1. The molecule has 1 amide bonds. The number of anilines is 1. The van der Waals surface area contributed by atoms with Gasteiger partial charge in [-0.25, -0.2) is 0 Å². The molecule has 1 saturated carbocycles. The minimum Gasteiger partial charge on any atom is -0.369 e. The van der Waals surface area contributed by atoms with Crippen molar-refractivity contribution in [2.24, 2.45) is 5.92 Å². The molecule has 0 spiro atoms. The molecule has 106 valence electrons. The molecule has 0 bridgehead atoms. The molecule has 20 heavy (non-hydrogen) atoms. The van der Waals surface area contributed by atoms with Crippen molar-refractivity contribution >= 4 is 11.6 Å². The summed E-state index contributed by atoms with van der Waals surface area (Å²) in [5.41, 5.74) is 0.997. The summed E-state index contributed by atoms with van der Waals surface area (Å²) in [6, 6.07) is 9.02. The van der Waals surface area contributed by atoms with Crippen LogP contribution in [0.25, 0.3) is 0 Å². The van der Waals surface area contributed by atoms with Crippen molar-refractivity contribution in [2.45, 2.75) is 38.7 Å². The Morgan fingerprint density at radius 1 is 1.50 bits per heavy atom. The average molecular weight is 272 g/mol. The number of hydrogen-bond acceptors (Lipinski definition) is 3. The van der Waals surface area contributed by atoms with E-state index in [-0.39, 0.29) is 5.91 Å². The second-order valence-corrected chi connectivity index (χ2v) is 5.25. The van der Waals surface area contributed by atoms with Crippen molar-refractivity contribution < 1.29 is 9.53 Å². The zero-order valence-corrected chi connectivity index (χ0v) is 11.8. The maximum Gasteiger partial charge on any atom is 0.253 e. The van der Waals surface area contributed by atoms with E-state index in [4.69, 9.17) is 10.00 Å². The first-order valence-corrected chi connectivity index (χ1v) is 7.12. The third kappa shape index (κ3) is 3.82. The Hall–Kier alpha value is -1.86. The van der Waals surface area contributed by atoms with Gasteiger partial charge in [-0.1, -0.05) is 31.4 Å². The van der Waals surface area contributed by atoms with Crippen molar-refractivity contribution in [2.75, 3.05) is 11.9 Å². The number of rotatable bonds is 6. The lowest BCUT2D eigenvalue weighted by atomic mass is 9.83. The highest BCUT2D eigenvalue weighted by molar-refractivity contribution is 5.95. The van der Waals surface area contributed by atoms with Crippen LogP contribution in [0.1, 0.15) is 38.2 Å². The Morgan fingerprint density at radius 3 is 2.90 bits per heavy atom. The standard InChI is InChI=1S/C16H20N2O2/c1-12(20-10-9-13-5-4-6-13)16(19)18-15-8-3-2-7-14(15)11-17/h2-3,7-8,12-13H,4-6,9-10H2,1H3,(H,18,19). The summed E-state index contributed by atoms with van der Waals surface area (Å²) in [6.07, 6.45) is 4.44. The predicted octanol–water partition coefficient (Wildman–Crippen LogP) is 3.09. The second kappa shape index (κ2) is 7.06. The molecule has 0 aliphatic heterocycles. The number of hydrogen-bond donors (Lipinski definition) is 1. The Kier molecular flexibility index (Phi) is 5.14. The van der Waals surface area contributed by atoms with Gasteiger partial charge in [0.15, 0.2) is 0 Å². The van der Waals surface area contributed by atoms with Gasteiger partial charge >= 0.3 is 0 Å². The third-order valence-electron chi connectivity index (χ3n) is 3.79. The summed E-state index contributed by atoms with van der Waals surface area (Å²) >= 11 is 0. The first kappa shape index (κ1) is 14.5. The van der Waals surface area contributed by atoms with Crippen molar-refractivity contribution in [1.82, 2.24) is 0 Å². The van der Waals surface area contributed by atoms with Crippen LogP contribution in [0.4, 0.5) is 5.69 Å². The van der Waals surface area contributed by atoms with Crippen molar-refractivity contribution in [3.63, 3.8) is 0 Å². The van der Waals surface area contributed by atoms with Gasteiger partial charge in [0.05, 0.1) is 11.3 Å². The molecule has 1 aromatic carbocycles. The number of ether oxygens (including phenoxy) is 1. The molecule has 1 aliphatic carbocycles. The van der Waals surface area contributed by atoms with Crippen LogP contribution in [0, 0.1) is 17.2 Å². The molecular formula is C16H20N2O2. The van der Waals surface area contributed by atoms with Crippen LogP contribution in [0.2, 0.25) is 0 Å². The van der Waals surface area contributed by atoms with E-state index in [1.54, 1.807) is 31.2 Å². The molecule has 4 heteroatoms. The minimum atomic E-state index is -0.498. The average Bonchev–Trinajstić information content (AvgIpc) is 2.41. The lowest BCUT2D eigenvalue weighted by Crippen LogP contribution is -2.29. The Balaban J connectivity index is 1.79. The van der Waals surface area contributed by atoms with Crippen LogP contribution in [0.15, 0.2) is 24.3 Å². The van der Waals surface area contributed by atoms with E-state index in [0.29, 0.717) is 17.9 Å². The highest BCUT2D eigenvalue weighted by Gasteiger charge is 2.19. The fourth-order valence-corrected chi connectivity index (χ4v) is 2.19. The maximum atomic E-state index is 12.0. The van der Waals surface area contributed by atoms with Gasteiger partial charge in [0.1, 0.15) is 12.2 Å². The summed E-state index contributed by atoms with van der Waals surface area (Å²) in [6.45, 7) is 2.37. The van der Waals surface area contributed by atoms with Crippen molar-refractivity contribution in [3.8, 4) is 6.07 Å². The fourth-order valence-electron chi connectivity index (χ4n) is 2.19. The predicted molar refractivity (Wildman–Crippen MR) is 77.2 cm³/mol. The topological polar surface area (TPSA) is 62.1 Å². The zero-order chi connectivity index (χ0) is 14.4. The second-order valence-electron chi connectivity index (χ2n) is 5.25. The molecule has 0 saturated heterocycles. The molecule has 1 aromatic rings. The van der Waals surface area contributed by atoms with Crippen LogP contribution < -0.4 is 5.32 Å². The number of carbonyl (C=O) groups excluding carboxylic acids is 1. The minimum absolute atomic E-state index is 0.207. The third-order valence-corrected chi connectivity index (χ3v) is 3.79. The molecule has 1 fully saturated rings. The van der Waals surface area contributed by atoms with Crippen molar-refractivity contribution in [1.29, 1.82) is 5.26 Å². The van der Waals surface area contributed by atoms with E-state index in [0.717, 1.165) is 12.3 Å². The Bertz CT molecular complexity index is 503. The van der Waals surface area contributed by atoms with E-state index in [1.807, 2.05) is 0 Å². The zero-order valence-electron chi connectivity index (χ0n) is 11.8. The number of benzene rings is 1. The van der Waals surface area contributed by atoms with Gasteiger partial charge in [-0.2, -0.15) is 5.26 Å². The van der Waals surface area contributed by atoms with Gasteiger partial charge in [0.2, 0.25) is 0 Å². The summed E-state index contributed by atoms with van der Waals surface area (Å²) in [5, 5.41) is 11.7. The van der Waals surface area contributed by atoms with Gasteiger partial charge in [0.25, 0.3) is 5.91 Å². The van der Waals surface area contributed by atoms with E-state index >= 15 is 0 Å². The largest absolute Gasteiger partial charge is 0.369 e. The number of amides is 1. The van der Waals surface area contributed by atoms with Gasteiger partial charge in [-0.05, 0) is 31.4 Å². The molecule has 0 heterocycles. The molecule has 1 atom stereocenters. The van der Waals surface area contributed by atoms with E-state index < -0.39 is 6.10 Å². The first-order chi connectivity index (χ1) is 9.70. The quantitative estimate of drug-likeness (QED) is 0.865. The number of nitrogens with one attached hydrogen (secondary N) is 1. The molecule has 1 unspecified atom stereocenters. The lowest BCUT2D eigenvalue weighted by molar-refractivity contribution is -0.126. The summed E-state index contributed by atoms with van der Waals surface area (Å²) < 4.78 is 5.56. The fraction of sp³-hybridized carbons (Fsp3) is 0.500. The smallest absolute Gasteiger partial charge is 0.253 e. The molecule has 2 rings (SSSR count). The molecule has 1 N–H and O–H groups in total.